The lowest BCUT2D eigenvalue weighted by Crippen LogP contribution is -2.22. The molecule has 1 fully saturated rings. The summed E-state index contributed by atoms with van der Waals surface area (Å²) >= 11 is 0. The number of fused-ring (bicyclic) bond motifs is 2. The first kappa shape index (κ1) is 12.7. The van der Waals surface area contributed by atoms with E-state index in [1.165, 1.54) is 24.1 Å². The maximum Gasteiger partial charge on any atom is 0.250 e. The van der Waals surface area contributed by atoms with Crippen molar-refractivity contribution in [3.63, 3.8) is 0 Å². The van der Waals surface area contributed by atoms with E-state index >= 15 is 0 Å². The standard InChI is InChI=1S/C17H20N4/c1-3-13-14(4-2)19-20-16(18-13)21-11-17(9-10-17)12-7-5-6-8-15(12)21/h5-8H,3-4,9-11H2,1-2H3. The maximum absolute atomic E-state index is 4.79. The van der Waals surface area contributed by atoms with Crippen LogP contribution in [-0.4, -0.2) is 21.7 Å². The molecule has 0 atom stereocenters. The molecule has 0 N–H and O–H groups in total. The molecule has 0 amide bonds. The Morgan fingerprint density at radius 3 is 2.52 bits per heavy atom. The average Bonchev–Trinajstić information content (AvgIpc) is 3.25. The quantitative estimate of drug-likeness (QED) is 0.866. The van der Waals surface area contributed by atoms with E-state index in [1.807, 2.05) is 0 Å². The molecule has 1 aromatic heterocycles. The minimum absolute atomic E-state index is 0.357. The molecule has 4 rings (SSSR count). The summed E-state index contributed by atoms with van der Waals surface area (Å²) < 4.78 is 0. The van der Waals surface area contributed by atoms with Crippen LogP contribution >= 0.6 is 0 Å². The van der Waals surface area contributed by atoms with Crippen LogP contribution in [0.5, 0.6) is 0 Å². The number of para-hydroxylation sites is 1. The Hall–Kier alpha value is -1.97. The normalized spacial score (nSPS) is 18.1. The number of benzene rings is 1. The van der Waals surface area contributed by atoms with Gasteiger partial charge in [-0.1, -0.05) is 32.0 Å². The molecule has 0 radical (unpaired) electrons. The van der Waals surface area contributed by atoms with Gasteiger partial charge in [-0.15, -0.1) is 10.2 Å². The first-order valence-electron chi connectivity index (χ1n) is 7.87. The van der Waals surface area contributed by atoms with Crippen molar-refractivity contribution in [3.05, 3.63) is 41.2 Å². The maximum atomic E-state index is 4.79. The fourth-order valence-electron chi connectivity index (χ4n) is 3.43. The molecule has 2 heterocycles. The van der Waals surface area contributed by atoms with Gasteiger partial charge in [0.15, 0.2) is 0 Å². The van der Waals surface area contributed by atoms with E-state index in [4.69, 9.17) is 4.98 Å². The highest BCUT2D eigenvalue weighted by Crippen LogP contribution is 2.57. The zero-order valence-corrected chi connectivity index (χ0v) is 12.6. The van der Waals surface area contributed by atoms with Crippen molar-refractivity contribution in [2.24, 2.45) is 0 Å². The molecule has 4 heteroatoms. The Bertz CT molecular complexity index is 691. The molecule has 1 aliphatic carbocycles. The molecule has 0 bridgehead atoms. The first-order valence-corrected chi connectivity index (χ1v) is 7.87. The third-order valence-corrected chi connectivity index (χ3v) is 4.82. The van der Waals surface area contributed by atoms with Crippen molar-refractivity contribution < 1.29 is 0 Å². The van der Waals surface area contributed by atoms with Crippen LogP contribution in [0.2, 0.25) is 0 Å². The lowest BCUT2D eigenvalue weighted by molar-refractivity contribution is 0.720. The van der Waals surface area contributed by atoms with Crippen LogP contribution in [0.25, 0.3) is 0 Å². The number of hydrogen-bond donors (Lipinski definition) is 0. The lowest BCUT2D eigenvalue weighted by atomic mass is 9.99. The molecule has 1 aliphatic heterocycles. The number of nitrogens with zero attached hydrogens (tertiary/aromatic N) is 4. The summed E-state index contributed by atoms with van der Waals surface area (Å²) in [5, 5.41) is 8.80. The fourth-order valence-corrected chi connectivity index (χ4v) is 3.43. The Balaban J connectivity index is 1.78. The van der Waals surface area contributed by atoms with Gasteiger partial charge in [0.2, 0.25) is 5.95 Å². The second-order valence-corrected chi connectivity index (χ2v) is 6.10. The number of aryl methyl sites for hydroxylation is 2. The highest BCUT2D eigenvalue weighted by atomic mass is 15.3. The summed E-state index contributed by atoms with van der Waals surface area (Å²) in [4.78, 5) is 7.05. The topological polar surface area (TPSA) is 41.9 Å². The highest BCUT2D eigenvalue weighted by Gasteiger charge is 2.52. The largest absolute Gasteiger partial charge is 0.308 e. The minimum atomic E-state index is 0.357. The highest BCUT2D eigenvalue weighted by molar-refractivity contribution is 5.70. The van der Waals surface area contributed by atoms with E-state index in [-0.39, 0.29) is 0 Å². The Kier molecular flexibility index (Phi) is 2.74. The van der Waals surface area contributed by atoms with E-state index in [1.54, 1.807) is 0 Å². The molecule has 1 spiro atoms. The van der Waals surface area contributed by atoms with E-state index in [0.29, 0.717) is 5.41 Å². The van der Waals surface area contributed by atoms with Crippen LogP contribution in [0, 0.1) is 0 Å². The van der Waals surface area contributed by atoms with Crippen molar-refractivity contribution in [1.82, 2.24) is 15.2 Å². The van der Waals surface area contributed by atoms with Crippen LogP contribution in [0.1, 0.15) is 43.6 Å². The summed E-state index contributed by atoms with van der Waals surface area (Å²) in [6.45, 7) is 5.24. The van der Waals surface area contributed by atoms with Crippen molar-refractivity contribution in [1.29, 1.82) is 0 Å². The van der Waals surface area contributed by atoms with Crippen molar-refractivity contribution >= 4 is 11.6 Å². The molecule has 0 unspecified atom stereocenters. The molecule has 4 nitrogen and oxygen atoms in total. The van der Waals surface area contributed by atoms with E-state index < -0.39 is 0 Å². The summed E-state index contributed by atoms with van der Waals surface area (Å²) in [5.41, 5.74) is 5.19. The zero-order valence-electron chi connectivity index (χ0n) is 12.6. The Labute approximate surface area is 125 Å². The number of rotatable bonds is 3. The minimum Gasteiger partial charge on any atom is -0.308 e. The van der Waals surface area contributed by atoms with Gasteiger partial charge in [-0.25, -0.2) is 4.98 Å². The molecule has 1 saturated carbocycles. The monoisotopic (exact) mass is 280 g/mol. The predicted molar refractivity (Wildman–Crippen MR) is 82.9 cm³/mol. The molecule has 2 aliphatic rings. The van der Waals surface area contributed by atoms with Crippen molar-refractivity contribution in [3.8, 4) is 0 Å². The molecule has 0 saturated heterocycles. The second kappa shape index (κ2) is 4.52. The van der Waals surface area contributed by atoms with Gasteiger partial charge < -0.3 is 4.90 Å². The molecule has 1 aromatic carbocycles. The summed E-state index contributed by atoms with van der Waals surface area (Å²) in [5.74, 6) is 0.764. The fraction of sp³-hybridized carbons (Fsp3) is 0.471. The Morgan fingerprint density at radius 1 is 1.05 bits per heavy atom. The molecule has 2 aromatic rings. The van der Waals surface area contributed by atoms with Gasteiger partial charge in [0.25, 0.3) is 0 Å². The van der Waals surface area contributed by atoms with E-state index in [2.05, 4.69) is 53.2 Å². The summed E-state index contributed by atoms with van der Waals surface area (Å²) in [6.07, 6.45) is 4.36. The molecule has 21 heavy (non-hydrogen) atoms. The van der Waals surface area contributed by atoms with Crippen LogP contribution in [-0.2, 0) is 18.3 Å². The smallest absolute Gasteiger partial charge is 0.250 e. The summed E-state index contributed by atoms with van der Waals surface area (Å²) in [6, 6.07) is 8.68. The SMILES string of the molecule is CCc1nnc(N2CC3(CC3)c3ccccc32)nc1CC. The van der Waals surface area contributed by atoms with Gasteiger partial charge in [-0.3, -0.25) is 0 Å². The number of anilines is 2. The van der Waals surface area contributed by atoms with Gasteiger partial charge >= 0.3 is 0 Å². The first-order chi connectivity index (χ1) is 10.3. The van der Waals surface area contributed by atoms with Gasteiger partial charge in [0.05, 0.1) is 11.4 Å². The third kappa shape index (κ3) is 1.85. The van der Waals surface area contributed by atoms with E-state index in [0.717, 1.165) is 36.7 Å². The number of hydrogen-bond acceptors (Lipinski definition) is 4. The van der Waals surface area contributed by atoms with E-state index in [9.17, 15) is 0 Å². The predicted octanol–water partition coefficient (Wildman–Crippen LogP) is 3.18. The number of aromatic nitrogens is 3. The van der Waals surface area contributed by atoms with Crippen LogP contribution in [0.15, 0.2) is 24.3 Å². The van der Waals surface area contributed by atoms with Crippen molar-refractivity contribution in [2.45, 2.75) is 44.9 Å². The lowest BCUT2D eigenvalue weighted by Gasteiger charge is -2.18. The van der Waals surface area contributed by atoms with Gasteiger partial charge in [-0.05, 0) is 37.3 Å². The zero-order chi connectivity index (χ0) is 14.4. The van der Waals surface area contributed by atoms with Gasteiger partial charge in [0.1, 0.15) is 0 Å². The molecular weight excluding hydrogens is 260 g/mol. The second-order valence-electron chi connectivity index (χ2n) is 6.10. The molecule has 108 valence electrons. The van der Waals surface area contributed by atoms with Crippen molar-refractivity contribution in [2.75, 3.05) is 11.4 Å². The van der Waals surface area contributed by atoms with Crippen LogP contribution < -0.4 is 4.90 Å². The Morgan fingerprint density at radius 2 is 1.81 bits per heavy atom. The van der Waals surface area contributed by atoms with Crippen LogP contribution in [0.3, 0.4) is 0 Å². The average molecular weight is 280 g/mol. The van der Waals surface area contributed by atoms with Gasteiger partial charge in [0, 0.05) is 17.6 Å². The van der Waals surface area contributed by atoms with Gasteiger partial charge in [-0.2, -0.15) is 0 Å². The van der Waals surface area contributed by atoms with Crippen LogP contribution in [0.4, 0.5) is 11.6 Å². The third-order valence-electron chi connectivity index (χ3n) is 4.82. The molecular formula is C17H20N4. The summed E-state index contributed by atoms with van der Waals surface area (Å²) in [7, 11) is 0.